The van der Waals surface area contributed by atoms with Crippen LogP contribution < -0.4 is 10.2 Å². The maximum atomic E-state index is 12.5. The average Bonchev–Trinajstić information content (AvgIpc) is 3.11. The summed E-state index contributed by atoms with van der Waals surface area (Å²) < 4.78 is 0. The van der Waals surface area contributed by atoms with Gasteiger partial charge in [0.05, 0.1) is 0 Å². The summed E-state index contributed by atoms with van der Waals surface area (Å²) in [7, 11) is 0. The molecule has 1 aliphatic rings. The number of benzene rings is 2. The predicted molar refractivity (Wildman–Crippen MR) is 115 cm³/mol. The van der Waals surface area contributed by atoms with Crippen LogP contribution in [0.2, 0.25) is 0 Å². The number of aromatic nitrogens is 1. The van der Waals surface area contributed by atoms with Crippen molar-refractivity contribution in [3.63, 3.8) is 0 Å². The normalized spacial score (nSPS) is 14.5. The molecule has 4 rings (SSSR count). The fourth-order valence-electron chi connectivity index (χ4n) is 4.06. The molecule has 0 unspecified atom stereocenters. The number of amides is 2. The van der Waals surface area contributed by atoms with E-state index in [-0.39, 0.29) is 6.03 Å². The van der Waals surface area contributed by atoms with Gasteiger partial charge in [-0.05, 0) is 43.5 Å². The molecule has 5 heteroatoms. The molecule has 2 heterocycles. The summed E-state index contributed by atoms with van der Waals surface area (Å²) in [5.74, 6) is 0. The molecule has 146 valence electrons. The Kier molecular flexibility index (Phi) is 5.24. The minimum absolute atomic E-state index is 0.0418. The van der Waals surface area contributed by atoms with Crippen molar-refractivity contribution in [3.8, 4) is 0 Å². The number of para-hydroxylation sites is 1. The summed E-state index contributed by atoms with van der Waals surface area (Å²) in [4.78, 5) is 20.1. The zero-order valence-electron chi connectivity index (χ0n) is 16.7. The SMILES string of the molecule is Cc1ccc(N2CCN(C(=O)NCCc3c[nH]c4ccccc34)CC2)c(C)c1. The maximum absolute atomic E-state index is 12.5. The Balaban J connectivity index is 1.27. The first-order valence-electron chi connectivity index (χ1n) is 10.0. The third kappa shape index (κ3) is 3.84. The number of H-pyrrole nitrogens is 1. The number of fused-ring (bicyclic) bond motifs is 1. The van der Waals surface area contributed by atoms with E-state index in [1.807, 2.05) is 23.2 Å². The number of hydrogen-bond donors (Lipinski definition) is 2. The van der Waals surface area contributed by atoms with Gasteiger partial charge < -0.3 is 20.1 Å². The summed E-state index contributed by atoms with van der Waals surface area (Å²) in [6.45, 7) is 8.19. The minimum atomic E-state index is 0.0418. The molecule has 0 atom stereocenters. The summed E-state index contributed by atoms with van der Waals surface area (Å²) in [5, 5.41) is 4.32. The Morgan fingerprint density at radius 3 is 2.64 bits per heavy atom. The molecular weight excluding hydrogens is 348 g/mol. The quantitative estimate of drug-likeness (QED) is 0.726. The van der Waals surface area contributed by atoms with Gasteiger partial charge in [0.2, 0.25) is 0 Å². The Morgan fingerprint density at radius 2 is 1.86 bits per heavy atom. The van der Waals surface area contributed by atoms with E-state index >= 15 is 0 Å². The van der Waals surface area contributed by atoms with Gasteiger partial charge in [0.15, 0.2) is 0 Å². The second kappa shape index (κ2) is 7.97. The monoisotopic (exact) mass is 376 g/mol. The van der Waals surface area contributed by atoms with Crippen LogP contribution in [0.15, 0.2) is 48.7 Å². The van der Waals surface area contributed by atoms with Crippen LogP contribution in [0.5, 0.6) is 0 Å². The van der Waals surface area contributed by atoms with E-state index in [2.05, 4.69) is 59.4 Å². The number of rotatable bonds is 4. The van der Waals surface area contributed by atoms with Crippen molar-refractivity contribution in [2.75, 3.05) is 37.6 Å². The topological polar surface area (TPSA) is 51.4 Å². The molecule has 1 aromatic heterocycles. The number of anilines is 1. The average molecular weight is 377 g/mol. The third-order valence-electron chi connectivity index (χ3n) is 5.61. The van der Waals surface area contributed by atoms with Crippen LogP contribution in [-0.4, -0.2) is 48.6 Å². The van der Waals surface area contributed by atoms with E-state index in [1.165, 1.54) is 27.8 Å². The van der Waals surface area contributed by atoms with Crippen molar-refractivity contribution in [1.82, 2.24) is 15.2 Å². The zero-order valence-corrected chi connectivity index (χ0v) is 16.7. The molecular formula is C23H28N4O. The first kappa shape index (κ1) is 18.4. The summed E-state index contributed by atoms with van der Waals surface area (Å²) in [5.41, 5.74) is 6.26. The highest BCUT2D eigenvalue weighted by Crippen LogP contribution is 2.22. The predicted octanol–water partition coefficient (Wildman–Crippen LogP) is 3.86. The van der Waals surface area contributed by atoms with Gasteiger partial charge in [-0.1, -0.05) is 35.9 Å². The second-order valence-electron chi connectivity index (χ2n) is 7.61. The Labute approximate surface area is 166 Å². The highest BCUT2D eigenvalue weighted by molar-refractivity contribution is 5.83. The second-order valence-corrected chi connectivity index (χ2v) is 7.61. The van der Waals surface area contributed by atoms with Crippen molar-refractivity contribution in [1.29, 1.82) is 0 Å². The Bertz CT molecular complexity index is 970. The molecule has 28 heavy (non-hydrogen) atoms. The standard InChI is InChI=1S/C23H28N4O/c1-17-7-8-22(18(2)15-17)26-11-13-27(14-12-26)23(28)24-10-9-19-16-25-21-6-4-3-5-20(19)21/h3-8,15-16,25H,9-14H2,1-2H3,(H,24,28). The van der Waals surface area contributed by atoms with E-state index < -0.39 is 0 Å². The van der Waals surface area contributed by atoms with E-state index in [1.54, 1.807) is 0 Å². The van der Waals surface area contributed by atoms with Gasteiger partial charge in [0.25, 0.3) is 0 Å². The number of nitrogens with one attached hydrogen (secondary N) is 2. The highest BCUT2D eigenvalue weighted by atomic mass is 16.2. The number of urea groups is 1. The fourth-order valence-corrected chi connectivity index (χ4v) is 4.06. The number of piperazine rings is 1. The number of nitrogens with zero attached hydrogens (tertiary/aromatic N) is 2. The number of carbonyl (C=O) groups is 1. The van der Waals surface area contributed by atoms with Gasteiger partial charge in [0, 0.05) is 55.5 Å². The molecule has 2 N–H and O–H groups in total. The van der Waals surface area contributed by atoms with Crippen LogP contribution in [0.3, 0.4) is 0 Å². The maximum Gasteiger partial charge on any atom is 0.317 e. The van der Waals surface area contributed by atoms with Crippen molar-refractivity contribution in [2.24, 2.45) is 0 Å². The first-order valence-corrected chi connectivity index (χ1v) is 10.0. The first-order chi connectivity index (χ1) is 13.6. The Hall–Kier alpha value is -2.95. The number of hydrogen-bond acceptors (Lipinski definition) is 2. The van der Waals surface area contributed by atoms with Crippen molar-refractivity contribution in [3.05, 3.63) is 65.4 Å². The van der Waals surface area contributed by atoms with Gasteiger partial charge in [0.1, 0.15) is 0 Å². The van der Waals surface area contributed by atoms with Gasteiger partial charge in [-0.2, -0.15) is 0 Å². The molecule has 0 radical (unpaired) electrons. The van der Waals surface area contributed by atoms with E-state index in [0.29, 0.717) is 6.54 Å². The third-order valence-corrected chi connectivity index (χ3v) is 5.61. The lowest BCUT2D eigenvalue weighted by Crippen LogP contribution is -2.52. The van der Waals surface area contributed by atoms with E-state index in [9.17, 15) is 4.79 Å². The lowest BCUT2D eigenvalue weighted by atomic mass is 10.1. The summed E-state index contributed by atoms with van der Waals surface area (Å²) >= 11 is 0. The van der Waals surface area contributed by atoms with Crippen molar-refractivity contribution in [2.45, 2.75) is 20.3 Å². The molecule has 3 aromatic rings. The molecule has 0 bridgehead atoms. The van der Waals surface area contributed by atoms with Gasteiger partial charge in [-0.15, -0.1) is 0 Å². The van der Waals surface area contributed by atoms with Crippen LogP contribution in [-0.2, 0) is 6.42 Å². The van der Waals surface area contributed by atoms with Gasteiger partial charge in [-0.25, -0.2) is 4.79 Å². The Morgan fingerprint density at radius 1 is 1.07 bits per heavy atom. The van der Waals surface area contributed by atoms with E-state index in [0.717, 1.165) is 38.1 Å². The van der Waals surface area contributed by atoms with Crippen LogP contribution in [0.1, 0.15) is 16.7 Å². The molecule has 2 aromatic carbocycles. The van der Waals surface area contributed by atoms with Crippen LogP contribution in [0, 0.1) is 13.8 Å². The van der Waals surface area contributed by atoms with Crippen LogP contribution in [0.4, 0.5) is 10.5 Å². The number of carbonyl (C=O) groups excluding carboxylic acids is 1. The number of aromatic amines is 1. The van der Waals surface area contributed by atoms with Crippen LogP contribution in [0.25, 0.3) is 10.9 Å². The van der Waals surface area contributed by atoms with Crippen molar-refractivity contribution >= 4 is 22.6 Å². The zero-order chi connectivity index (χ0) is 19.5. The lowest BCUT2D eigenvalue weighted by Gasteiger charge is -2.36. The number of aryl methyl sites for hydroxylation is 2. The van der Waals surface area contributed by atoms with Crippen LogP contribution >= 0.6 is 0 Å². The van der Waals surface area contributed by atoms with Gasteiger partial charge >= 0.3 is 6.03 Å². The fraction of sp³-hybridized carbons (Fsp3) is 0.348. The molecule has 5 nitrogen and oxygen atoms in total. The molecule has 1 saturated heterocycles. The largest absolute Gasteiger partial charge is 0.368 e. The van der Waals surface area contributed by atoms with Gasteiger partial charge in [-0.3, -0.25) is 0 Å². The molecule has 1 aliphatic heterocycles. The molecule has 0 spiro atoms. The van der Waals surface area contributed by atoms with E-state index in [4.69, 9.17) is 0 Å². The lowest BCUT2D eigenvalue weighted by molar-refractivity contribution is 0.194. The summed E-state index contributed by atoms with van der Waals surface area (Å²) in [6.07, 6.45) is 2.87. The summed E-state index contributed by atoms with van der Waals surface area (Å²) in [6, 6.07) is 14.9. The smallest absolute Gasteiger partial charge is 0.317 e. The van der Waals surface area contributed by atoms with Crippen molar-refractivity contribution < 1.29 is 4.79 Å². The molecule has 2 amide bonds. The molecule has 0 aliphatic carbocycles. The molecule has 1 fully saturated rings. The highest BCUT2D eigenvalue weighted by Gasteiger charge is 2.21. The molecule has 0 saturated carbocycles. The minimum Gasteiger partial charge on any atom is -0.368 e.